The molecule has 0 aliphatic heterocycles. The fourth-order valence-electron chi connectivity index (χ4n) is 2.67. The second-order valence-electron chi connectivity index (χ2n) is 5.62. The lowest BCUT2D eigenvalue weighted by Gasteiger charge is -2.42. The predicted molar refractivity (Wildman–Crippen MR) is 85.2 cm³/mol. The summed E-state index contributed by atoms with van der Waals surface area (Å²) in [6.45, 7) is 2.40. The summed E-state index contributed by atoms with van der Waals surface area (Å²) in [6, 6.07) is 0.992. The number of nitrogens with zero attached hydrogens (tertiary/aromatic N) is 1. The van der Waals surface area contributed by atoms with Gasteiger partial charge in [-0.3, -0.25) is 9.69 Å². The monoisotopic (exact) mass is 361 g/mol. The van der Waals surface area contributed by atoms with E-state index in [9.17, 15) is 18.4 Å². The van der Waals surface area contributed by atoms with E-state index in [2.05, 4.69) is 10.6 Å². The average Bonchev–Trinajstić information content (AvgIpc) is 2.44. The lowest BCUT2D eigenvalue weighted by atomic mass is 9.85. The molecule has 6 nitrogen and oxygen atoms in total. The van der Waals surface area contributed by atoms with Crippen molar-refractivity contribution >= 4 is 29.3 Å². The van der Waals surface area contributed by atoms with Gasteiger partial charge in [0.1, 0.15) is 5.69 Å². The lowest BCUT2D eigenvalue weighted by molar-refractivity contribution is -0.139. The van der Waals surface area contributed by atoms with Crippen LogP contribution in [0.15, 0.2) is 12.1 Å². The molecular formula is C15H18ClF2N3O3. The van der Waals surface area contributed by atoms with E-state index >= 15 is 0 Å². The Bertz CT molecular complexity index is 615. The summed E-state index contributed by atoms with van der Waals surface area (Å²) in [5.41, 5.74) is -0.561. The number of anilines is 1. The highest BCUT2D eigenvalue weighted by Gasteiger charge is 2.34. The Hall–Kier alpha value is -1.93. The molecule has 0 heterocycles. The maximum atomic E-state index is 13.6. The van der Waals surface area contributed by atoms with Gasteiger partial charge in [0.15, 0.2) is 11.6 Å². The summed E-state index contributed by atoms with van der Waals surface area (Å²) in [6.07, 6.45) is 1.17. The molecule has 1 aliphatic carbocycles. The van der Waals surface area contributed by atoms with Gasteiger partial charge in [-0.05, 0) is 31.5 Å². The van der Waals surface area contributed by atoms with Crippen molar-refractivity contribution in [3.8, 4) is 0 Å². The van der Waals surface area contributed by atoms with E-state index in [0.717, 1.165) is 12.1 Å². The number of urea groups is 1. The SMILES string of the molecule is CCN(CC(=O)O)C1CC(NC(=O)Nc2c(F)cc(Cl)cc2F)C1. The van der Waals surface area contributed by atoms with Gasteiger partial charge < -0.3 is 15.7 Å². The molecule has 0 aromatic heterocycles. The van der Waals surface area contributed by atoms with Crippen LogP contribution < -0.4 is 10.6 Å². The second-order valence-corrected chi connectivity index (χ2v) is 6.06. The number of carbonyl (C=O) groups excluding carboxylic acids is 1. The zero-order chi connectivity index (χ0) is 17.9. The summed E-state index contributed by atoms with van der Waals surface area (Å²) in [7, 11) is 0. The van der Waals surface area contributed by atoms with Crippen molar-refractivity contribution in [1.82, 2.24) is 10.2 Å². The van der Waals surface area contributed by atoms with E-state index in [-0.39, 0.29) is 23.7 Å². The molecule has 1 aromatic carbocycles. The van der Waals surface area contributed by atoms with Crippen LogP contribution in [-0.2, 0) is 4.79 Å². The highest BCUT2D eigenvalue weighted by Crippen LogP contribution is 2.26. The number of nitrogens with one attached hydrogen (secondary N) is 2. The van der Waals surface area contributed by atoms with Crippen molar-refractivity contribution in [1.29, 1.82) is 0 Å². The zero-order valence-corrected chi connectivity index (χ0v) is 13.7. The quantitative estimate of drug-likeness (QED) is 0.727. The molecule has 0 unspecified atom stereocenters. The standard InChI is InChI=1S/C15H18ClF2N3O3/c1-2-21(7-13(22)23)10-5-9(6-10)19-15(24)20-14-11(17)3-8(16)4-12(14)18/h3-4,9-10H,2,5-7H2,1H3,(H,22,23)(H2,19,20,24). The third kappa shape index (κ3) is 4.55. The van der Waals surface area contributed by atoms with Gasteiger partial charge in [-0.15, -0.1) is 0 Å². The van der Waals surface area contributed by atoms with Crippen molar-refractivity contribution in [2.45, 2.75) is 31.8 Å². The maximum absolute atomic E-state index is 13.6. The number of hydrogen-bond donors (Lipinski definition) is 3. The molecule has 24 heavy (non-hydrogen) atoms. The van der Waals surface area contributed by atoms with Crippen LogP contribution in [0.25, 0.3) is 0 Å². The number of aliphatic carboxylic acids is 1. The molecule has 3 N–H and O–H groups in total. The highest BCUT2D eigenvalue weighted by molar-refractivity contribution is 6.30. The van der Waals surface area contributed by atoms with E-state index in [0.29, 0.717) is 19.4 Å². The third-order valence-electron chi connectivity index (χ3n) is 3.95. The smallest absolute Gasteiger partial charge is 0.319 e. The minimum Gasteiger partial charge on any atom is -0.480 e. The first-order chi connectivity index (χ1) is 11.3. The number of likely N-dealkylation sites (N-methyl/N-ethyl adjacent to an activating group) is 1. The summed E-state index contributed by atoms with van der Waals surface area (Å²) in [5, 5.41) is 13.5. The Morgan fingerprint density at radius 1 is 1.33 bits per heavy atom. The zero-order valence-electron chi connectivity index (χ0n) is 13.0. The van der Waals surface area contributed by atoms with Crippen molar-refractivity contribution in [3.05, 3.63) is 28.8 Å². The Kier molecular flexibility index (Phi) is 5.95. The molecular weight excluding hydrogens is 344 g/mol. The number of benzene rings is 1. The van der Waals surface area contributed by atoms with Crippen molar-refractivity contribution in [2.75, 3.05) is 18.4 Å². The Morgan fingerprint density at radius 2 is 1.92 bits per heavy atom. The summed E-state index contributed by atoms with van der Waals surface area (Å²) in [4.78, 5) is 24.4. The van der Waals surface area contributed by atoms with Crippen molar-refractivity contribution in [2.24, 2.45) is 0 Å². The Labute approximate surface area is 142 Å². The van der Waals surface area contributed by atoms with Crippen LogP contribution in [0.5, 0.6) is 0 Å². The molecule has 0 radical (unpaired) electrons. The molecule has 0 bridgehead atoms. The van der Waals surface area contributed by atoms with E-state index in [1.165, 1.54) is 0 Å². The van der Waals surface area contributed by atoms with Crippen LogP contribution in [0.3, 0.4) is 0 Å². The number of amides is 2. The van der Waals surface area contributed by atoms with Gasteiger partial charge in [-0.25, -0.2) is 13.6 Å². The van der Waals surface area contributed by atoms with Crippen LogP contribution in [0.1, 0.15) is 19.8 Å². The summed E-state index contributed by atoms with van der Waals surface area (Å²) in [5.74, 6) is -2.82. The molecule has 9 heteroatoms. The molecule has 1 aliphatic rings. The molecule has 0 saturated heterocycles. The second kappa shape index (κ2) is 7.76. The first-order valence-electron chi connectivity index (χ1n) is 7.48. The molecule has 2 rings (SSSR count). The first kappa shape index (κ1) is 18.4. The Balaban J connectivity index is 1.84. The van der Waals surface area contributed by atoms with Gasteiger partial charge in [0.2, 0.25) is 0 Å². The minimum atomic E-state index is -0.958. The minimum absolute atomic E-state index is 0.0543. The lowest BCUT2D eigenvalue weighted by Crippen LogP contribution is -2.55. The van der Waals surface area contributed by atoms with Crippen molar-refractivity contribution in [3.63, 3.8) is 0 Å². The van der Waals surface area contributed by atoms with E-state index in [1.807, 2.05) is 6.92 Å². The molecule has 132 valence electrons. The van der Waals surface area contributed by atoms with E-state index < -0.39 is 29.3 Å². The number of hydrogen-bond acceptors (Lipinski definition) is 3. The molecule has 2 amide bonds. The Morgan fingerprint density at radius 3 is 2.42 bits per heavy atom. The highest BCUT2D eigenvalue weighted by atomic mass is 35.5. The predicted octanol–water partition coefficient (Wildman–Crippen LogP) is 2.68. The summed E-state index contributed by atoms with van der Waals surface area (Å²) >= 11 is 5.52. The summed E-state index contributed by atoms with van der Waals surface area (Å²) < 4.78 is 27.2. The van der Waals surface area contributed by atoms with Crippen LogP contribution in [0.2, 0.25) is 5.02 Å². The van der Waals surface area contributed by atoms with E-state index in [1.54, 1.807) is 4.90 Å². The fourth-order valence-corrected chi connectivity index (χ4v) is 2.86. The topological polar surface area (TPSA) is 81.7 Å². The first-order valence-corrected chi connectivity index (χ1v) is 7.85. The van der Waals surface area contributed by atoms with Gasteiger partial charge in [0.05, 0.1) is 6.54 Å². The number of carbonyl (C=O) groups is 2. The van der Waals surface area contributed by atoms with Gasteiger partial charge >= 0.3 is 12.0 Å². The third-order valence-corrected chi connectivity index (χ3v) is 4.17. The van der Waals surface area contributed by atoms with Crippen LogP contribution in [-0.4, -0.2) is 47.2 Å². The number of carboxylic acid groups (broad SMARTS) is 1. The van der Waals surface area contributed by atoms with E-state index in [4.69, 9.17) is 16.7 Å². The van der Waals surface area contributed by atoms with Gasteiger partial charge in [0, 0.05) is 17.1 Å². The number of halogens is 3. The van der Waals surface area contributed by atoms with Crippen LogP contribution in [0, 0.1) is 11.6 Å². The average molecular weight is 362 g/mol. The van der Waals surface area contributed by atoms with Crippen LogP contribution in [0.4, 0.5) is 19.3 Å². The molecule has 1 aromatic rings. The number of rotatable bonds is 6. The number of carboxylic acids is 1. The van der Waals surface area contributed by atoms with Gasteiger partial charge in [0.25, 0.3) is 0 Å². The van der Waals surface area contributed by atoms with Gasteiger partial charge in [-0.1, -0.05) is 18.5 Å². The fraction of sp³-hybridized carbons (Fsp3) is 0.467. The molecule has 1 saturated carbocycles. The molecule has 0 spiro atoms. The largest absolute Gasteiger partial charge is 0.480 e. The van der Waals surface area contributed by atoms with Crippen LogP contribution >= 0.6 is 11.6 Å². The normalized spacial score (nSPS) is 19.7. The van der Waals surface area contributed by atoms with Gasteiger partial charge in [-0.2, -0.15) is 0 Å². The maximum Gasteiger partial charge on any atom is 0.319 e. The van der Waals surface area contributed by atoms with Crippen molar-refractivity contribution < 1.29 is 23.5 Å². The molecule has 1 fully saturated rings. The molecule has 0 atom stereocenters.